The zero-order chi connectivity index (χ0) is 12.3. The monoisotopic (exact) mass is 254 g/mol. The van der Waals surface area contributed by atoms with E-state index >= 15 is 0 Å². The molecule has 2 atom stereocenters. The molecule has 0 bridgehead atoms. The molecule has 2 nitrogen and oxygen atoms in total. The highest BCUT2D eigenvalue weighted by atomic mass is 35.5. The highest BCUT2D eigenvalue weighted by Crippen LogP contribution is 2.40. The minimum atomic E-state index is -0.323. The molecule has 0 saturated carbocycles. The largest absolute Gasteiger partial charge is 0.493 e. The fourth-order valence-electron chi connectivity index (χ4n) is 2.37. The highest BCUT2D eigenvalue weighted by molar-refractivity contribution is 6.20. The molecule has 0 aromatic heterocycles. The van der Waals surface area contributed by atoms with Crippen LogP contribution in [-0.2, 0) is 10.3 Å². The number of hydrogen-bond acceptors (Lipinski definition) is 2. The number of para-hydroxylation sites is 1. The highest BCUT2D eigenvalue weighted by Gasteiger charge is 2.36. The van der Waals surface area contributed by atoms with Gasteiger partial charge in [0.15, 0.2) is 0 Å². The number of halogens is 1. The Balaban J connectivity index is 2.31. The summed E-state index contributed by atoms with van der Waals surface area (Å²) in [7, 11) is 0. The van der Waals surface area contributed by atoms with Crippen LogP contribution in [0.5, 0.6) is 5.75 Å². The Kier molecular flexibility index (Phi) is 3.95. The zero-order valence-electron chi connectivity index (χ0n) is 10.4. The lowest BCUT2D eigenvalue weighted by atomic mass is 9.87. The molecule has 0 spiro atoms. The third-order valence-corrected chi connectivity index (χ3v) is 3.59. The van der Waals surface area contributed by atoms with Crippen LogP contribution in [0, 0.1) is 0 Å². The molecule has 0 aliphatic carbocycles. The first kappa shape index (κ1) is 12.7. The second kappa shape index (κ2) is 5.28. The average Bonchev–Trinajstić information content (AvgIpc) is 2.30. The fraction of sp³-hybridized carbons (Fsp3) is 0.571. The molecule has 2 rings (SSSR count). The lowest BCUT2D eigenvalue weighted by Crippen LogP contribution is -2.35. The number of ether oxygens (including phenoxy) is 2. The number of alkyl halides is 1. The van der Waals surface area contributed by atoms with Gasteiger partial charge in [0.1, 0.15) is 5.75 Å². The molecule has 17 heavy (non-hydrogen) atoms. The fourth-order valence-corrected chi connectivity index (χ4v) is 2.75. The van der Waals surface area contributed by atoms with E-state index in [9.17, 15) is 0 Å². The second-order valence-corrected chi connectivity index (χ2v) is 5.22. The van der Waals surface area contributed by atoms with Gasteiger partial charge in [-0.2, -0.15) is 0 Å². The first-order chi connectivity index (χ1) is 8.15. The maximum absolute atomic E-state index is 6.26. The molecule has 3 heteroatoms. The lowest BCUT2D eigenvalue weighted by Gasteiger charge is -2.37. The summed E-state index contributed by atoms with van der Waals surface area (Å²) in [6.07, 6.45) is 1.76. The molecule has 1 aromatic rings. The van der Waals surface area contributed by atoms with Crippen molar-refractivity contribution in [1.29, 1.82) is 0 Å². The average molecular weight is 255 g/mol. The predicted molar refractivity (Wildman–Crippen MR) is 69.8 cm³/mol. The van der Waals surface area contributed by atoms with Gasteiger partial charge in [-0.1, -0.05) is 18.2 Å². The van der Waals surface area contributed by atoms with Crippen LogP contribution in [-0.4, -0.2) is 18.6 Å². The van der Waals surface area contributed by atoms with Crippen molar-refractivity contribution in [2.45, 2.75) is 37.7 Å². The van der Waals surface area contributed by atoms with Crippen LogP contribution in [0.2, 0.25) is 0 Å². The van der Waals surface area contributed by atoms with Crippen LogP contribution in [0.3, 0.4) is 0 Å². The standard InChI is InChI=1S/C14H19ClO2/c1-3-16-13-7-5-4-6-12(13)14(2)10-11(15)8-9-17-14/h4-7,11H,3,8-10H2,1-2H3. The molecule has 1 aliphatic heterocycles. The SMILES string of the molecule is CCOc1ccccc1C1(C)CC(Cl)CCO1. The normalized spacial score (nSPS) is 29.0. The van der Waals surface area contributed by atoms with E-state index < -0.39 is 0 Å². The van der Waals surface area contributed by atoms with Gasteiger partial charge in [0.05, 0.1) is 12.2 Å². The minimum absolute atomic E-state index is 0.184. The van der Waals surface area contributed by atoms with E-state index in [2.05, 4.69) is 13.0 Å². The molecular weight excluding hydrogens is 236 g/mol. The van der Waals surface area contributed by atoms with E-state index in [1.165, 1.54) is 0 Å². The molecule has 1 aromatic carbocycles. The first-order valence-corrected chi connectivity index (χ1v) is 6.59. The second-order valence-electron chi connectivity index (χ2n) is 4.60. The van der Waals surface area contributed by atoms with Gasteiger partial charge in [0, 0.05) is 17.5 Å². The van der Waals surface area contributed by atoms with Crippen molar-refractivity contribution in [2.75, 3.05) is 13.2 Å². The van der Waals surface area contributed by atoms with E-state index in [1.54, 1.807) is 0 Å². The smallest absolute Gasteiger partial charge is 0.125 e. The number of rotatable bonds is 3. The summed E-state index contributed by atoms with van der Waals surface area (Å²) in [5, 5.41) is 0.184. The van der Waals surface area contributed by atoms with Crippen molar-refractivity contribution in [3.8, 4) is 5.75 Å². The van der Waals surface area contributed by atoms with Gasteiger partial charge in [-0.05, 0) is 32.8 Å². The summed E-state index contributed by atoms with van der Waals surface area (Å²) in [6.45, 7) is 5.47. The molecule has 0 amide bonds. The van der Waals surface area contributed by atoms with Crippen LogP contribution in [0.1, 0.15) is 32.3 Å². The summed E-state index contributed by atoms with van der Waals surface area (Å²) >= 11 is 6.26. The van der Waals surface area contributed by atoms with E-state index in [0.717, 1.165) is 24.2 Å². The van der Waals surface area contributed by atoms with Crippen LogP contribution in [0.4, 0.5) is 0 Å². The molecule has 1 aliphatic rings. The van der Waals surface area contributed by atoms with Gasteiger partial charge in [-0.3, -0.25) is 0 Å². The molecule has 94 valence electrons. The van der Waals surface area contributed by atoms with E-state index in [4.69, 9.17) is 21.1 Å². The van der Waals surface area contributed by atoms with Crippen molar-refractivity contribution in [1.82, 2.24) is 0 Å². The molecule has 0 N–H and O–H groups in total. The van der Waals surface area contributed by atoms with E-state index in [0.29, 0.717) is 13.2 Å². The van der Waals surface area contributed by atoms with Crippen molar-refractivity contribution < 1.29 is 9.47 Å². The third-order valence-electron chi connectivity index (χ3n) is 3.22. The Labute approximate surface area is 108 Å². The summed E-state index contributed by atoms with van der Waals surface area (Å²) in [4.78, 5) is 0. The van der Waals surface area contributed by atoms with E-state index in [-0.39, 0.29) is 11.0 Å². The molecule has 1 fully saturated rings. The maximum Gasteiger partial charge on any atom is 0.125 e. The van der Waals surface area contributed by atoms with Crippen molar-refractivity contribution in [2.24, 2.45) is 0 Å². The Bertz CT molecular complexity index is 380. The number of benzene rings is 1. The van der Waals surface area contributed by atoms with Gasteiger partial charge in [-0.15, -0.1) is 11.6 Å². The Hall–Kier alpha value is -0.730. The molecule has 1 heterocycles. The Morgan fingerprint density at radius 1 is 1.47 bits per heavy atom. The third kappa shape index (κ3) is 2.75. The predicted octanol–water partition coefficient (Wildman–Crippen LogP) is 3.72. The summed E-state index contributed by atoms with van der Waals surface area (Å²) in [5.41, 5.74) is 0.781. The van der Waals surface area contributed by atoms with E-state index in [1.807, 2.05) is 25.1 Å². The molecule has 2 unspecified atom stereocenters. The lowest BCUT2D eigenvalue weighted by molar-refractivity contribution is -0.0697. The van der Waals surface area contributed by atoms with Crippen molar-refractivity contribution >= 4 is 11.6 Å². The van der Waals surface area contributed by atoms with Gasteiger partial charge < -0.3 is 9.47 Å². The van der Waals surface area contributed by atoms with Gasteiger partial charge in [-0.25, -0.2) is 0 Å². The van der Waals surface area contributed by atoms with Gasteiger partial charge in [0.2, 0.25) is 0 Å². The Morgan fingerprint density at radius 3 is 2.94 bits per heavy atom. The maximum atomic E-state index is 6.26. The topological polar surface area (TPSA) is 18.5 Å². The summed E-state index contributed by atoms with van der Waals surface area (Å²) in [6, 6.07) is 8.06. The zero-order valence-corrected chi connectivity index (χ0v) is 11.2. The van der Waals surface area contributed by atoms with Gasteiger partial charge in [0.25, 0.3) is 0 Å². The van der Waals surface area contributed by atoms with Gasteiger partial charge >= 0.3 is 0 Å². The van der Waals surface area contributed by atoms with Crippen LogP contribution >= 0.6 is 11.6 Å². The van der Waals surface area contributed by atoms with Crippen molar-refractivity contribution in [3.05, 3.63) is 29.8 Å². The summed E-state index contributed by atoms with van der Waals surface area (Å²) in [5.74, 6) is 0.906. The minimum Gasteiger partial charge on any atom is -0.493 e. The van der Waals surface area contributed by atoms with Crippen molar-refractivity contribution in [3.63, 3.8) is 0 Å². The number of hydrogen-bond donors (Lipinski definition) is 0. The van der Waals surface area contributed by atoms with Crippen LogP contribution in [0.25, 0.3) is 0 Å². The first-order valence-electron chi connectivity index (χ1n) is 6.16. The summed E-state index contributed by atoms with van der Waals surface area (Å²) < 4.78 is 11.6. The molecule has 0 radical (unpaired) electrons. The quantitative estimate of drug-likeness (QED) is 0.766. The molecular formula is C14H19ClO2. The van der Waals surface area contributed by atoms with Crippen LogP contribution in [0.15, 0.2) is 24.3 Å². The Morgan fingerprint density at radius 2 is 2.24 bits per heavy atom. The van der Waals surface area contributed by atoms with Crippen LogP contribution < -0.4 is 4.74 Å². The molecule has 1 saturated heterocycles.